The third kappa shape index (κ3) is 3.65. The highest BCUT2D eigenvalue weighted by molar-refractivity contribution is 5.78. The highest BCUT2D eigenvalue weighted by Gasteiger charge is 2.30. The minimum absolute atomic E-state index is 0.204. The number of carboxylic acids is 1. The molecular weight excluding hydrogens is 254 g/mol. The fraction of sp³-hybridized carbons (Fsp3) is 0.562. The van der Waals surface area contributed by atoms with E-state index < -0.39 is 12.0 Å². The van der Waals surface area contributed by atoms with Crippen molar-refractivity contribution in [2.24, 2.45) is 11.8 Å². The maximum absolute atomic E-state index is 11.5. The summed E-state index contributed by atoms with van der Waals surface area (Å²) in [6.07, 6.45) is 4.20. The molecule has 2 N–H and O–H groups in total. The van der Waals surface area contributed by atoms with E-state index >= 15 is 0 Å². The van der Waals surface area contributed by atoms with Gasteiger partial charge in [-0.3, -0.25) is 0 Å². The lowest BCUT2D eigenvalue weighted by Crippen LogP contribution is -2.38. The molecule has 0 radical (unpaired) electrons. The zero-order valence-electron chi connectivity index (χ0n) is 12.1. The first-order valence-corrected chi connectivity index (χ1v) is 7.23. The SMILES string of the molecule is COc1cccc(NC(C(=O)O)C2CCC(C)CC2)c1. The number of aliphatic carboxylic acids is 1. The highest BCUT2D eigenvalue weighted by atomic mass is 16.5. The Bertz CT molecular complexity index is 453. The van der Waals surface area contributed by atoms with Crippen LogP contribution in [0.2, 0.25) is 0 Å². The van der Waals surface area contributed by atoms with E-state index in [-0.39, 0.29) is 5.92 Å². The molecule has 4 nitrogen and oxygen atoms in total. The van der Waals surface area contributed by atoms with Gasteiger partial charge in [-0.15, -0.1) is 0 Å². The summed E-state index contributed by atoms with van der Waals surface area (Å²) in [5.74, 6) is 0.885. The van der Waals surface area contributed by atoms with E-state index in [1.807, 2.05) is 24.3 Å². The summed E-state index contributed by atoms with van der Waals surface area (Å²) < 4.78 is 5.17. The standard InChI is InChI=1S/C16H23NO3/c1-11-6-8-12(9-7-11)15(16(18)19)17-13-4-3-5-14(10-13)20-2/h3-5,10-12,15,17H,6-9H2,1-2H3,(H,18,19). The van der Waals surface area contributed by atoms with Crippen LogP contribution in [0.5, 0.6) is 5.75 Å². The second-order valence-electron chi connectivity index (χ2n) is 5.71. The maximum Gasteiger partial charge on any atom is 0.326 e. The molecule has 0 bridgehead atoms. The van der Waals surface area contributed by atoms with Gasteiger partial charge in [0, 0.05) is 11.8 Å². The molecule has 1 aromatic carbocycles. The molecule has 2 rings (SSSR count). The molecule has 1 atom stereocenters. The molecule has 4 heteroatoms. The summed E-state index contributed by atoms with van der Waals surface area (Å²) in [7, 11) is 1.61. The van der Waals surface area contributed by atoms with Crippen molar-refractivity contribution in [1.82, 2.24) is 0 Å². The lowest BCUT2D eigenvalue weighted by molar-refractivity contribution is -0.139. The van der Waals surface area contributed by atoms with Crippen LogP contribution in [-0.2, 0) is 4.79 Å². The van der Waals surface area contributed by atoms with Gasteiger partial charge in [0.25, 0.3) is 0 Å². The lowest BCUT2D eigenvalue weighted by Gasteiger charge is -2.31. The topological polar surface area (TPSA) is 58.6 Å². The van der Waals surface area contributed by atoms with Gasteiger partial charge < -0.3 is 15.2 Å². The summed E-state index contributed by atoms with van der Waals surface area (Å²) >= 11 is 0. The van der Waals surface area contributed by atoms with Gasteiger partial charge in [-0.1, -0.05) is 25.8 Å². The number of ether oxygens (including phenoxy) is 1. The van der Waals surface area contributed by atoms with Crippen LogP contribution in [0.1, 0.15) is 32.6 Å². The van der Waals surface area contributed by atoms with Crippen molar-refractivity contribution >= 4 is 11.7 Å². The summed E-state index contributed by atoms with van der Waals surface area (Å²) in [6.45, 7) is 2.24. The smallest absolute Gasteiger partial charge is 0.326 e. The molecule has 1 unspecified atom stereocenters. The van der Waals surface area contributed by atoms with E-state index in [1.54, 1.807) is 7.11 Å². The van der Waals surface area contributed by atoms with Crippen molar-refractivity contribution in [3.05, 3.63) is 24.3 Å². The van der Waals surface area contributed by atoms with E-state index in [9.17, 15) is 9.90 Å². The van der Waals surface area contributed by atoms with Gasteiger partial charge in [-0.05, 0) is 36.8 Å². The molecular formula is C16H23NO3. The van der Waals surface area contributed by atoms with Gasteiger partial charge in [0.05, 0.1) is 7.11 Å². The van der Waals surface area contributed by atoms with Crippen molar-refractivity contribution in [1.29, 1.82) is 0 Å². The van der Waals surface area contributed by atoms with Crippen molar-refractivity contribution in [3.63, 3.8) is 0 Å². The number of methoxy groups -OCH3 is 1. The first-order chi connectivity index (χ1) is 9.60. The number of benzene rings is 1. The average molecular weight is 277 g/mol. The Hall–Kier alpha value is -1.71. The second kappa shape index (κ2) is 6.64. The Morgan fingerprint density at radius 1 is 1.35 bits per heavy atom. The zero-order chi connectivity index (χ0) is 14.5. The molecule has 0 aromatic heterocycles. The van der Waals surface area contributed by atoms with E-state index in [1.165, 1.54) is 0 Å². The van der Waals surface area contributed by atoms with Gasteiger partial charge in [-0.2, -0.15) is 0 Å². The van der Waals surface area contributed by atoms with E-state index in [2.05, 4.69) is 12.2 Å². The summed E-state index contributed by atoms with van der Waals surface area (Å²) in [4.78, 5) is 11.5. The quantitative estimate of drug-likeness (QED) is 0.866. The van der Waals surface area contributed by atoms with Gasteiger partial charge >= 0.3 is 5.97 Å². The summed E-state index contributed by atoms with van der Waals surface area (Å²) in [5, 5.41) is 12.6. The van der Waals surface area contributed by atoms with Crippen molar-refractivity contribution in [2.75, 3.05) is 12.4 Å². The van der Waals surface area contributed by atoms with Crippen molar-refractivity contribution in [2.45, 2.75) is 38.6 Å². The molecule has 1 saturated carbocycles. The number of anilines is 1. The number of carbonyl (C=O) groups is 1. The molecule has 110 valence electrons. The highest BCUT2D eigenvalue weighted by Crippen LogP contribution is 2.32. The third-order valence-electron chi connectivity index (χ3n) is 4.19. The number of hydrogen-bond acceptors (Lipinski definition) is 3. The molecule has 0 aliphatic heterocycles. The third-order valence-corrected chi connectivity index (χ3v) is 4.19. The Balaban J connectivity index is 2.07. The molecule has 0 spiro atoms. The number of carboxylic acid groups (broad SMARTS) is 1. The fourth-order valence-electron chi connectivity index (χ4n) is 2.89. The molecule has 1 aromatic rings. The van der Waals surface area contributed by atoms with E-state index in [0.717, 1.165) is 43.0 Å². The monoisotopic (exact) mass is 277 g/mol. The van der Waals surface area contributed by atoms with Crippen LogP contribution < -0.4 is 10.1 Å². The van der Waals surface area contributed by atoms with Gasteiger partial charge in [-0.25, -0.2) is 4.79 Å². The normalized spacial score (nSPS) is 23.9. The van der Waals surface area contributed by atoms with Crippen LogP contribution in [0.25, 0.3) is 0 Å². The van der Waals surface area contributed by atoms with Gasteiger partial charge in [0.15, 0.2) is 0 Å². The predicted octanol–water partition coefficient (Wildman–Crippen LogP) is 3.39. The molecule has 1 aliphatic rings. The van der Waals surface area contributed by atoms with Crippen molar-refractivity contribution in [3.8, 4) is 5.75 Å². The Morgan fingerprint density at radius 3 is 2.65 bits per heavy atom. The van der Waals surface area contributed by atoms with Crippen molar-refractivity contribution < 1.29 is 14.6 Å². The second-order valence-corrected chi connectivity index (χ2v) is 5.71. The Labute approximate surface area is 120 Å². The summed E-state index contributed by atoms with van der Waals surface area (Å²) in [5.41, 5.74) is 0.801. The number of nitrogens with one attached hydrogen (secondary N) is 1. The van der Waals surface area contributed by atoms with Crippen LogP contribution in [-0.4, -0.2) is 24.2 Å². The number of rotatable bonds is 5. The fourth-order valence-corrected chi connectivity index (χ4v) is 2.89. The summed E-state index contributed by atoms with van der Waals surface area (Å²) in [6, 6.07) is 6.91. The maximum atomic E-state index is 11.5. The zero-order valence-corrected chi connectivity index (χ0v) is 12.1. The van der Waals surface area contributed by atoms with Crippen LogP contribution in [0.3, 0.4) is 0 Å². The lowest BCUT2D eigenvalue weighted by atomic mass is 9.79. The first-order valence-electron chi connectivity index (χ1n) is 7.23. The molecule has 0 heterocycles. The van der Waals surface area contributed by atoms with Gasteiger partial charge in [0.1, 0.15) is 11.8 Å². The van der Waals surface area contributed by atoms with E-state index in [4.69, 9.17) is 4.74 Å². The molecule has 0 amide bonds. The molecule has 1 aliphatic carbocycles. The average Bonchev–Trinajstić information content (AvgIpc) is 2.46. The minimum atomic E-state index is -0.771. The van der Waals surface area contributed by atoms with Crippen LogP contribution in [0.15, 0.2) is 24.3 Å². The largest absolute Gasteiger partial charge is 0.497 e. The van der Waals surface area contributed by atoms with E-state index in [0.29, 0.717) is 0 Å². The van der Waals surface area contributed by atoms with Crippen LogP contribution in [0.4, 0.5) is 5.69 Å². The first kappa shape index (κ1) is 14.7. The number of hydrogen-bond donors (Lipinski definition) is 2. The minimum Gasteiger partial charge on any atom is -0.497 e. The van der Waals surface area contributed by atoms with Crippen LogP contribution in [0, 0.1) is 11.8 Å². The molecule has 0 saturated heterocycles. The van der Waals surface area contributed by atoms with Gasteiger partial charge in [0.2, 0.25) is 0 Å². The molecule has 20 heavy (non-hydrogen) atoms. The molecule has 1 fully saturated rings. The predicted molar refractivity (Wildman–Crippen MR) is 79.2 cm³/mol. The van der Waals surface area contributed by atoms with Crippen LogP contribution >= 0.6 is 0 Å². The Morgan fingerprint density at radius 2 is 2.05 bits per heavy atom. The Kier molecular flexibility index (Phi) is 4.88.